The van der Waals surface area contributed by atoms with Gasteiger partial charge in [0.25, 0.3) is 5.56 Å². The van der Waals surface area contributed by atoms with Crippen molar-refractivity contribution in [1.82, 2.24) is 19.9 Å². The third-order valence-electron chi connectivity index (χ3n) is 3.65. The second kappa shape index (κ2) is 6.31. The molecule has 0 saturated heterocycles. The summed E-state index contributed by atoms with van der Waals surface area (Å²) in [5, 5.41) is 0. The van der Waals surface area contributed by atoms with Gasteiger partial charge in [-0.1, -0.05) is 0 Å². The Morgan fingerprint density at radius 1 is 1.41 bits per heavy atom. The first-order valence-electron chi connectivity index (χ1n) is 6.98. The van der Waals surface area contributed by atoms with Crippen LogP contribution in [0.4, 0.5) is 0 Å². The number of hydrogen-bond acceptors (Lipinski definition) is 5. The number of thioether (sulfide) groups is 1. The lowest BCUT2D eigenvalue weighted by molar-refractivity contribution is -0.129. The molecule has 1 aliphatic rings. The summed E-state index contributed by atoms with van der Waals surface area (Å²) in [7, 11) is 0. The third kappa shape index (κ3) is 2.89. The van der Waals surface area contributed by atoms with Crippen LogP contribution in [0.1, 0.15) is 11.3 Å². The van der Waals surface area contributed by atoms with E-state index in [0.717, 1.165) is 5.56 Å². The van der Waals surface area contributed by atoms with Gasteiger partial charge in [-0.3, -0.25) is 14.6 Å². The highest BCUT2D eigenvalue weighted by Gasteiger charge is 2.24. The number of aromatic amines is 1. The standard InChI is InChI=1S/C15H16N4O2S/c1-22-9-13(20)19-7-4-11-12(8-19)17-14(18-15(11)21)10-2-5-16-6-3-10/h2-3,5-6H,4,7-9H2,1H3,(H,17,18,21). The van der Waals surface area contributed by atoms with Gasteiger partial charge in [0.15, 0.2) is 0 Å². The topological polar surface area (TPSA) is 79.0 Å². The highest BCUT2D eigenvalue weighted by Crippen LogP contribution is 2.18. The monoisotopic (exact) mass is 316 g/mol. The Hall–Kier alpha value is -2.15. The number of rotatable bonds is 3. The van der Waals surface area contributed by atoms with E-state index in [1.54, 1.807) is 29.4 Å². The van der Waals surface area contributed by atoms with Crippen LogP contribution in [-0.4, -0.2) is 44.3 Å². The van der Waals surface area contributed by atoms with Crippen molar-refractivity contribution in [2.24, 2.45) is 0 Å². The predicted octanol–water partition coefficient (Wildman–Crippen LogP) is 1.08. The SMILES string of the molecule is CSCC(=O)N1CCc2c(nc(-c3ccncc3)[nH]c2=O)C1. The summed E-state index contributed by atoms with van der Waals surface area (Å²) in [6.07, 6.45) is 5.76. The quantitative estimate of drug-likeness (QED) is 0.916. The predicted molar refractivity (Wildman–Crippen MR) is 85.6 cm³/mol. The van der Waals surface area contributed by atoms with Crippen molar-refractivity contribution in [3.63, 3.8) is 0 Å². The molecule has 0 unspecified atom stereocenters. The molecule has 3 heterocycles. The van der Waals surface area contributed by atoms with Gasteiger partial charge in [0.1, 0.15) is 5.82 Å². The smallest absolute Gasteiger partial charge is 0.254 e. The summed E-state index contributed by atoms with van der Waals surface area (Å²) in [6, 6.07) is 3.59. The average Bonchev–Trinajstić information content (AvgIpc) is 2.55. The Bertz CT molecular complexity index is 745. The van der Waals surface area contributed by atoms with E-state index in [1.165, 1.54) is 11.8 Å². The molecule has 0 bridgehead atoms. The first-order valence-corrected chi connectivity index (χ1v) is 8.37. The number of carbonyl (C=O) groups excluding carboxylic acids is 1. The Morgan fingerprint density at radius 2 is 2.18 bits per heavy atom. The molecule has 0 aromatic carbocycles. The molecule has 22 heavy (non-hydrogen) atoms. The normalized spacial score (nSPS) is 13.8. The highest BCUT2D eigenvalue weighted by molar-refractivity contribution is 7.99. The molecule has 6 nitrogen and oxygen atoms in total. The van der Waals surface area contributed by atoms with Gasteiger partial charge >= 0.3 is 0 Å². The van der Waals surface area contributed by atoms with E-state index >= 15 is 0 Å². The number of nitrogens with one attached hydrogen (secondary N) is 1. The van der Waals surface area contributed by atoms with Crippen molar-refractivity contribution in [3.8, 4) is 11.4 Å². The third-order valence-corrected chi connectivity index (χ3v) is 4.18. The zero-order chi connectivity index (χ0) is 15.5. The number of carbonyl (C=O) groups is 1. The summed E-state index contributed by atoms with van der Waals surface area (Å²) in [6.45, 7) is 0.975. The first-order chi connectivity index (χ1) is 10.7. The Labute approximate surface area is 132 Å². The van der Waals surface area contributed by atoms with Crippen LogP contribution >= 0.6 is 11.8 Å². The van der Waals surface area contributed by atoms with Crippen molar-refractivity contribution in [2.45, 2.75) is 13.0 Å². The van der Waals surface area contributed by atoms with Crippen LogP contribution < -0.4 is 5.56 Å². The van der Waals surface area contributed by atoms with Gasteiger partial charge in [-0.25, -0.2) is 4.98 Å². The van der Waals surface area contributed by atoms with E-state index in [-0.39, 0.29) is 11.5 Å². The number of H-pyrrole nitrogens is 1. The van der Waals surface area contributed by atoms with Gasteiger partial charge in [0, 0.05) is 30.1 Å². The Balaban J connectivity index is 1.95. The fourth-order valence-corrected chi connectivity index (χ4v) is 2.94. The lowest BCUT2D eigenvalue weighted by Crippen LogP contribution is -2.40. The number of nitrogens with zero attached hydrogens (tertiary/aromatic N) is 3. The van der Waals surface area contributed by atoms with Crippen LogP contribution in [0.25, 0.3) is 11.4 Å². The zero-order valence-corrected chi connectivity index (χ0v) is 13.0. The van der Waals surface area contributed by atoms with E-state index < -0.39 is 0 Å². The van der Waals surface area contributed by atoms with Gasteiger partial charge in [0.2, 0.25) is 5.91 Å². The number of pyridine rings is 1. The van der Waals surface area contributed by atoms with Crippen molar-refractivity contribution >= 4 is 17.7 Å². The van der Waals surface area contributed by atoms with Crippen LogP contribution in [-0.2, 0) is 17.8 Å². The van der Waals surface area contributed by atoms with Crippen LogP contribution in [0.2, 0.25) is 0 Å². The fraction of sp³-hybridized carbons (Fsp3) is 0.333. The van der Waals surface area contributed by atoms with Gasteiger partial charge in [-0.05, 0) is 24.8 Å². The summed E-state index contributed by atoms with van der Waals surface area (Å²) in [5.74, 6) is 1.06. The van der Waals surface area contributed by atoms with E-state index in [4.69, 9.17) is 0 Å². The number of hydrogen-bond donors (Lipinski definition) is 1. The minimum absolute atomic E-state index is 0.0886. The van der Waals surface area contributed by atoms with Gasteiger partial charge in [0.05, 0.1) is 18.0 Å². The van der Waals surface area contributed by atoms with E-state index in [1.807, 2.05) is 6.26 Å². The molecule has 1 N–H and O–H groups in total. The minimum atomic E-state index is -0.117. The molecule has 7 heteroatoms. The molecule has 0 radical (unpaired) electrons. The molecule has 1 aliphatic heterocycles. The maximum Gasteiger partial charge on any atom is 0.254 e. The molecule has 0 aliphatic carbocycles. The molecule has 114 valence electrons. The van der Waals surface area contributed by atoms with Crippen molar-refractivity contribution in [3.05, 3.63) is 46.1 Å². The van der Waals surface area contributed by atoms with Gasteiger partial charge < -0.3 is 9.88 Å². The summed E-state index contributed by atoms with van der Waals surface area (Å²) in [4.78, 5) is 37.4. The van der Waals surface area contributed by atoms with Crippen LogP contribution in [0, 0.1) is 0 Å². The molecular formula is C15H16N4O2S. The maximum absolute atomic E-state index is 12.2. The molecule has 0 fully saturated rings. The van der Waals surface area contributed by atoms with E-state index in [2.05, 4.69) is 15.0 Å². The van der Waals surface area contributed by atoms with Gasteiger partial charge in [-0.2, -0.15) is 11.8 Å². The van der Waals surface area contributed by atoms with E-state index in [0.29, 0.717) is 42.3 Å². The Morgan fingerprint density at radius 3 is 2.91 bits per heavy atom. The summed E-state index contributed by atoms with van der Waals surface area (Å²) in [5.41, 5.74) is 2.07. The van der Waals surface area contributed by atoms with E-state index in [9.17, 15) is 9.59 Å². The fourth-order valence-electron chi connectivity index (χ4n) is 2.51. The molecule has 1 amide bonds. The van der Waals surface area contributed by atoms with Crippen LogP contribution in [0.15, 0.2) is 29.3 Å². The zero-order valence-electron chi connectivity index (χ0n) is 12.2. The Kier molecular flexibility index (Phi) is 4.24. The largest absolute Gasteiger partial charge is 0.336 e. The molecule has 3 rings (SSSR count). The lowest BCUT2D eigenvalue weighted by atomic mass is 10.1. The molecule has 2 aromatic rings. The maximum atomic E-state index is 12.2. The molecular weight excluding hydrogens is 300 g/mol. The number of aromatic nitrogens is 3. The number of amides is 1. The second-order valence-corrected chi connectivity index (χ2v) is 5.94. The van der Waals surface area contributed by atoms with Crippen LogP contribution in [0.3, 0.4) is 0 Å². The van der Waals surface area contributed by atoms with Crippen LogP contribution in [0.5, 0.6) is 0 Å². The van der Waals surface area contributed by atoms with Crippen molar-refractivity contribution in [1.29, 1.82) is 0 Å². The first kappa shape index (κ1) is 14.8. The lowest BCUT2D eigenvalue weighted by Gasteiger charge is -2.27. The molecule has 2 aromatic heterocycles. The second-order valence-electron chi connectivity index (χ2n) is 5.07. The molecule has 0 spiro atoms. The van der Waals surface area contributed by atoms with Crippen molar-refractivity contribution in [2.75, 3.05) is 18.6 Å². The highest BCUT2D eigenvalue weighted by atomic mass is 32.2. The molecule has 0 saturated carbocycles. The summed E-state index contributed by atoms with van der Waals surface area (Å²) >= 11 is 1.50. The van der Waals surface area contributed by atoms with Gasteiger partial charge in [-0.15, -0.1) is 0 Å². The summed E-state index contributed by atoms with van der Waals surface area (Å²) < 4.78 is 0. The minimum Gasteiger partial charge on any atom is -0.336 e. The van der Waals surface area contributed by atoms with Crippen molar-refractivity contribution < 1.29 is 4.79 Å². The number of fused-ring (bicyclic) bond motifs is 1. The molecule has 0 atom stereocenters. The average molecular weight is 316 g/mol.